The molecule has 0 spiro atoms. The first-order valence-electron chi connectivity index (χ1n) is 10.8. The Morgan fingerprint density at radius 2 is 1.08 bits per heavy atom. The van der Waals surface area contributed by atoms with E-state index in [0.717, 1.165) is 25.7 Å². The van der Waals surface area contributed by atoms with Gasteiger partial charge in [-0.15, -0.1) is 0 Å². The van der Waals surface area contributed by atoms with Gasteiger partial charge in [0.1, 0.15) is 0 Å². The predicted molar refractivity (Wildman–Crippen MR) is 110 cm³/mol. The Labute approximate surface area is 158 Å². The highest BCUT2D eigenvalue weighted by molar-refractivity contribution is 7.86. The molecule has 0 aromatic carbocycles. The second kappa shape index (κ2) is 17.3. The highest BCUT2D eigenvalue weighted by Gasteiger charge is 2.10. The van der Waals surface area contributed by atoms with Crippen LogP contribution in [-0.2, 0) is 14.3 Å². The molecular formula is C21H44O3S. The average molecular weight is 377 g/mol. The lowest BCUT2D eigenvalue weighted by molar-refractivity contribution is 0.292. The molecule has 0 aromatic heterocycles. The molecule has 152 valence electrons. The van der Waals surface area contributed by atoms with Crippen LogP contribution in [0.15, 0.2) is 0 Å². The van der Waals surface area contributed by atoms with E-state index < -0.39 is 10.1 Å². The molecular weight excluding hydrogens is 332 g/mol. The minimum atomic E-state index is -3.29. The Kier molecular flexibility index (Phi) is 17.3. The molecule has 0 saturated carbocycles. The van der Waals surface area contributed by atoms with Crippen LogP contribution in [0.1, 0.15) is 117 Å². The van der Waals surface area contributed by atoms with Gasteiger partial charge < -0.3 is 0 Å². The van der Waals surface area contributed by atoms with Crippen molar-refractivity contribution in [3.8, 4) is 0 Å². The summed E-state index contributed by atoms with van der Waals surface area (Å²) in [5.41, 5.74) is 0. The summed E-state index contributed by atoms with van der Waals surface area (Å²) in [5, 5.41) is 0. The van der Waals surface area contributed by atoms with Gasteiger partial charge in [-0.25, -0.2) is 0 Å². The van der Waals surface area contributed by atoms with Crippen molar-refractivity contribution < 1.29 is 12.6 Å². The summed E-state index contributed by atoms with van der Waals surface area (Å²) in [6, 6.07) is 0. The zero-order valence-corrected chi connectivity index (χ0v) is 18.0. The van der Waals surface area contributed by atoms with E-state index in [2.05, 4.69) is 20.8 Å². The van der Waals surface area contributed by atoms with Gasteiger partial charge in [-0.05, 0) is 18.8 Å². The number of hydrogen-bond acceptors (Lipinski definition) is 3. The molecule has 3 nitrogen and oxygen atoms in total. The van der Waals surface area contributed by atoms with Crippen LogP contribution < -0.4 is 0 Å². The Hall–Kier alpha value is -0.0900. The van der Waals surface area contributed by atoms with Gasteiger partial charge in [0.05, 0.1) is 12.4 Å². The maximum absolute atomic E-state index is 11.7. The normalized spacial score (nSPS) is 12.2. The monoisotopic (exact) mass is 376 g/mol. The van der Waals surface area contributed by atoms with Crippen LogP contribution in [0, 0.1) is 5.92 Å². The van der Waals surface area contributed by atoms with Crippen molar-refractivity contribution in [2.24, 2.45) is 5.92 Å². The Balaban J connectivity index is 3.27. The number of unbranched alkanes of at least 4 members (excludes halogenated alkanes) is 13. The molecule has 0 amide bonds. The lowest BCUT2D eigenvalue weighted by Gasteiger charge is -2.07. The van der Waals surface area contributed by atoms with Crippen LogP contribution in [0.4, 0.5) is 0 Å². The van der Waals surface area contributed by atoms with Gasteiger partial charge >= 0.3 is 0 Å². The van der Waals surface area contributed by atoms with Crippen LogP contribution in [0.5, 0.6) is 0 Å². The average Bonchev–Trinajstić information content (AvgIpc) is 2.54. The van der Waals surface area contributed by atoms with Crippen LogP contribution in [0.25, 0.3) is 0 Å². The van der Waals surface area contributed by atoms with Crippen molar-refractivity contribution in [3.63, 3.8) is 0 Å². The summed E-state index contributed by atoms with van der Waals surface area (Å²) in [4.78, 5) is 0. The summed E-state index contributed by atoms with van der Waals surface area (Å²) >= 11 is 0. The van der Waals surface area contributed by atoms with E-state index in [-0.39, 0.29) is 5.75 Å². The SMILES string of the molecule is CCCCCCCCCCCCCCCCS(=O)(=O)OCCC(C)C. The predicted octanol–water partition coefficient (Wildman–Crippen LogP) is 6.86. The molecule has 0 fully saturated rings. The molecule has 0 aliphatic heterocycles. The van der Waals surface area contributed by atoms with Gasteiger partial charge in [0.2, 0.25) is 0 Å². The standard InChI is InChI=1S/C21H44O3S/c1-4-5-6-7-8-9-10-11-12-13-14-15-16-17-20-25(22,23)24-19-18-21(2)3/h21H,4-20H2,1-3H3. The van der Waals surface area contributed by atoms with E-state index in [1.807, 2.05) is 0 Å². The molecule has 4 heteroatoms. The fraction of sp³-hybridized carbons (Fsp3) is 1.00. The van der Waals surface area contributed by atoms with Crippen LogP contribution >= 0.6 is 0 Å². The number of hydrogen-bond donors (Lipinski definition) is 0. The smallest absolute Gasteiger partial charge is 0.267 e. The molecule has 0 N–H and O–H groups in total. The quantitative estimate of drug-likeness (QED) is 0.183. The minimum Gasteiger partial charge on any atom is -0.270 e. The van der Waals surface area contributed by atoms with E-state index in [0.29, 0.717) is 12.5 Å². The molecule has 0 aromatic rings. The second-order valence-corrected chi connectivity index (χ2v) is 9.62. The largest absolute Gasteiger partial charge is 0.270 e. The van der Waals surface area contributed by atoms with E-state index in [1.54, 1.807) is 0 Å². The fourth-order valence-electron chi connectivity index (χ4n) is 2.94. The molecule has 0 aliphatic rings. The molecule has 0 aliphatic carbocycles. The Morgan fingerprint density at radius 3 is 1.48 bits per heavy atom. The zero-order valence-electron chi connectivity index (χ0n) is 17.2. The Bertz CT molecular complexity index is 363. The summed E-state index contributed by atoms with van der Waals surface area (Å²) in [7, 11) is -3.29. The molecule has 0 radical (unpaired) electrons. The zero-order chi connectivity index (χ0) is 18.8. The van der Waals surface area contributed by atoms with Crippen molar-refractivity contribution in [1.82, 2.24) is 0 Å². The molecule has 0 atom stereocenters. The van der Waals surface area contributed by atoms with Crippen molar-refractivity contribution in [2.75, 3.05) is 12.4 Å². The minimum absolute atomic E-state index is 0.184. The van der Waals surface area contributed by atoms with Crippen LogP contribution in [0.2, 0.25) is 0 Å². The number of rotatable bonds is 19. The first-order valence-corrected chi connectivity index (χ1v) is 12.4. The highest BCUT2D eigenvalue weighted by atomic mass is 32.2. The maximum Gasteiger partial charge on any atom is 0.267 e. The van der Waals surface area contributed by atoms with E-state index >= 15 is 0 Å². The lowest BCUT2D eigenvalue weighted by atomic mass is 10.0. The van der Waals surface area contributed by atoms with Gasteiger partial charge in [0.15, 0.2) is 0 Å². The van der Waals surface area contributed by atoms with Gasteiger partial charge in [-0.2, -0.15) is 8.42 Å². The summed E-state index contributed by atoms with van der Waals surface area (Å²) < 4.78 is 28.4. The van der Waals surface area contributed by atoms with E-state index in [9.17, 15) is 8.42 Å². The van der Waals surface area contributed by atoms with Gasteiger partial charge in [-0.1, -0.05) is 104 Å². The molecule has 0 rings (SSSR count). The molecule has 0 unspecified atom stereocenters. The summed E-state index contributed by atoms with van der Waals surface area (Å²) in [6.45, 7) is 6.74. The van der Waals surface area contributed by atoms with Crippen LogP contribution in [0.3, 0.4) is 0 Å². The van der Waals surface area contributed by atoms with Crippen LogP contribution in [-0.4, -0.2) is 20.8 Å². The molecule has 0 saturated heterocycles. The third-order valence-corrected chi connectivity index (χ3v) is 6.02. The summed E-state index contributed by atoms with van der Waals surface area (Å²) in [5.74, 6) is 0.666. The molecule has 0 heterocycles. The van der Waals surface area contributed by atoms with E-state index in [1.165, 1.54) is 70.6 Å². The summed E-state index contributed by atoms with van der Waals surface area (Å²) in [6.07, 6.45) is 18.7. The lowest BCUT2D eigenvalue weighted by Crippen LogP contribution is -2.12. The van der Waals surface area contributed by atoms with E-state index in [4.69, 9.17) is 4.18 Å². The van der Waals surface area contributed by atoms with Crippen molar-refractivity contribution >= 4 is 10.1 Å². The Morgan fingerprint density at radius 1 is 0.680 bits per heavy atom. The first kappa shape index (κ1) is 24.9. The highest BCUT2D eigenvalue weighted by Crippen LogP contribution is 2.13. The first-order chi connectivity index (χ1) is 12.0. The van der Waals surface area contributed by atoms with Gasteiger partial charge in [0, 0.05) is 0 Å². The third kappa shape index (κ3) is 20.1. The topological polar surface area (TPSA) is 43.4 Å². The maximum atomic E-state index is 11.7. The van der Waals surface area contributed by atoms with Gasteiger partial charge in [0.25, 0.3) is 10.1 Å². The van der Waals surface area contributed by atoms with Crippen molar-refractivity contribution in [3.05, 3.63) is 0 Å². The molecule has 25 heavy (non-hydrogen) atoms. The fourth-order valence-corrected chi connectivity index (χ4v) is 3.97. The molecule has 0 bridgehead atoms. The van der Waals surface area contributed by atoms with Crippen molar-refractivity contribution in [1.29, 1.82) is 0 Å². The van der Waals surface area contributed by atoms with Crippen molar-refractivity contribution in [2.45, 2.75) is 117 Å². The third-order valence-electron chi connectivity index (χ3n) is 4.71. The van der Waals surface area contributed by atoms with Gasteiger partial charge in [-0.3, -0.25) is 4.18 Å². The second-order valence-electron chi connectivity index (χ2n) is 7.86.